The number of nitrogens with zero attached hydrogens (tertiary/aromatic N) is 1. The molecule has 0 spiro atoms. The topological polar surface area (TPSA) is 45.1 Å². The number of likely N-dealkylation sites (N-methyl/N-ethyl adjacent to an activating group) is 1. The van der Waals surface area contributed by atoms with E-state index in [2.05, 4.69) is 10.3 Å². The van der Waals surface area contributed by atoms with Gasteiger partial charge in [-0.1, -0.05) is 0 Å². The van der Waals surface area contributed by atoms with Crippen molar-refractivity contribution in [2.24, 2.45) is 0 Å². The number of aliphatic hydroxyl groups excluding tert-OH is 1. The van der Waals surface area contributed by atoms with Gasteiger partial charge >= 0.3 is 0 Å². The quantitative estimate of drug-likeness (QED) is 0.705. The zero-order chi connectivity index (χ0) is 8.27. The van der Waals surface area contributed by atoms with Gasteiger partial charge in [-0.25, -0.2) is 4.98 Å². The number of thiazole rings is 1. The molecule has 0 aromatic carbocycles. The second-order valence-corrected chi connectivity index (χ2v) is 3.29. The van der Waals surface area contributed by atoms with Crippen molar-refractivity contribution >= 4 is 11.3 Å². The molecule has 1 heterocycles. The third-order valence-electron chi connectivity index (χ3n) is 1.32. The van der Waals surface area contributed by atoms with Crippen LogP contribution >= 0.6 is 11.3 Å². The molecular weight excluding hydrogens is 160 g/mol. The third-order valence-corrected chi connectivity index (χ3v) is 2.38. The van der Waals surface area contributed by atoms with Crippen molar-refractivity contribution < 1.29 is 5.11 Å². The second-order valence-electron chi connectivity index (χ2n) is 2.40. The van der Waals surface area contributed by atoms with E-state index >= 15 is 0 Å². The Morgan fingerprint density at radius 2 is 2.55 bits per heavy atom. The largest absolute Gasteiger partial charge is 0.385 e. The first kappa shape index (κ1) is 8.64. The SMILES string of the molecule is CNC[C@H](O)c1nc(C)cs1. The van der Waals surface area contributed by atoms with E-state index in [1.54, 1.807) is 0 Å². The summed E-state index contributed by atoms with van der Waals surface area (Å²) in [5, 5.41) is 15.0. The maximum absolute atomic E-state index is 9.42. The van der Waals surface area contributed by atoms with Crippen molar-refractivity contribution in [3.05, 3.63) is 16.1 Å². The zero-order valence-corrected chi connectivity index (χ0v) is 7.48. The number of aromatic nitrogens is 1. The number of aryl methyl sites for hydroxylation is 1. The lowest BCUT2D eigenvalue weighted by Crippen LogP contribution is -2.16. The van der Waals surface area contributed by atoms with Gasteiger partial charge in [0.1, 0.15) is 11.1 Å². The molecule has 1 aromatic heterocycles. The molecule has 62 valence electrons. The lowest BCUT2D eigenvalue weighted by Gasteiger charge is -2.04. The van der Waals surface area contributed by atoms with E-state index in [9.17, 15) is 5.11 Å². The minimum atomic E-state index is -0.460. The van der Waals surface area contributed by atoms with Crippen LogP contribution < -0.4 is 5.32 Å². The van der Waals surface area contributed by atoms with Gasteiger partial charge in [0.25, 0.3) is 0 Å². The highest BCUT2D eigenvalue weighted by atomic mass is 32.1. The predicted molar refractivity (Wildman–Crippen MR) is 45.7 cm³/mol. The van der Waals surface area contributed by atoms with Gasteiger partial charge in [0, 0.05) is 17.6 Å². The molecule has 0 bridgehead atoms. The molecule has 0 radical (unpaired) electrons. The van der Waals surface area contributed by atoms with Crippen LogP contribution in [0.15, 0.2) is 5.38 Å². The monoisotopic (exact) mass is 172 g/mol. The van der Waals surface area contributed by atoms with E-state index in [1.165, 1.54) is 11.3 Å². The maximum Gasteiger partial charge on any atom is 0.123 e. The molecule has 0 saturated heterocycles. The summed E-state index contributed by atoms with van der Waals surface area (Å²) in [4.78, 5) is 4.16. The van der Waals surface area contributed by atoms with Gasteiger partial charge in [-0.2, -0.15) is 0 Å². The van der Waals surface area contributed by atoms with Gasteiger partial charge in [0.05, 0.1) is 0 Å². The number of aliphatic hydroxyl groups is 1. The van der Waals surface area contributed by atoms with Crippen molar-refractivity contribution in [3.63, 3.8) is 0 Å². The third kappa shape index (κ3) is 2.25. The van der Waals surface area contributed by atoms with E-state index in [4.69, 9.17) is 0 Å². The van der Waals surface area contributed by atoms with Crippen molar-refractivity contribution in [2.75, 3.05) is 13.6 Å². The molecule has 1 atom stereocenters. The van der Waals surface area contributed by atoms with Crippen molar-refractivity contribution in [2.45, 2.75) is 13.0 Å². The number of hydrogen-bond acceptors (Lipinski definition) is 4. The maximum atomic E-state index is 9.42. The minimum absolute atomic E-state index is 0.460. The summed E-state index contributed by atoms with van der Waals surface area (Å²) in [6, 6.07) is 0. The molecule has 1 rings (SSSR count). The predicted octanol–water partition coefficient (Wildman–Crippen LogP) is 0.704. The van der Waals surface area contributed by atoms with E-state index in [-0.39, 0.29) is 0 Å². The molecule has 0 fully saturated rings. The molecule has 0 aliphatic rings. The molecule has 1 aromatic rings. The number of rotatable bonds is 3. The Kier molecular flexibility index (Phi) is 2.99. The Hall–Kier alpha value is -0.450. The highest BCUT2D eigenvalue weighted by Crippen LogP contribution is 2.16. The van der Waals surface area contributed by atoms with Crippen LogP contribution in [0.5, 0.6) is 0 Å². The fourth-order valence-corrected chi connectivity index (χ4v) is 1.59. The molecule has 3 nitrogen and oxygen atoms in total. The van der Waals surface area contributed by atoms with Gasteiger partial charge in [-0.15, -0.1) is 11.3 Å². The van der Waals surface area contributed by atoms with Crippen LogP contribution in [0.2, 0.25) is 0 Å². The molecule has 11 heavy (non-hydrogen) atoms. The van der Waals surface area contributed by atoms with Gasteiger partial charge in [0.2, 0.25) is 0 Å². The Morgan fingerprint density at radius 3 is 3.00 bits per heavy atom. The van der Waals surface area contributed by atoms with Gasteiger partial charge < -0.3 is 10.4 Å². The van der Waals surface area contributed by atoms with Crippen LogP contribution in [0.4, 0.5) is 0 Å². The van der Waals surface area contributed by atoms with E-state index in [0.29, 0.717) is 6.54 Å². The first-order chi connectivity index (χ1) is 5.24. The fraction of sp³-hybridized carbons (Fsp3) is 0.571. The summed E-state index contributed by atoms with van der Waals surface area (Å²) in [5.41, 5.74) is 0.972. The second kappa shape index (κ2) is 3.80. The first-order valence-corrected chi connectivity index (χ1v) is 4.36. The Bertz CT molecular complexity index is 224. The first-order valence-electron chi connectivity index (χ1n) is 3.48. The average Bonchev–Trinajstić information content (AvgIpc) is 2.36. The highest BCUT2D eigenvalue weighted by Gasteiger charge is 2.08. The molecular formula is C7H12N2OS. The van der Waals surface area contributed by atoms with Gasteiger partial charge in [0.15, 0.2) is 0 Å². The van der Waals surface area contributed by atoms with Crippen LogP contribution in [-0.2, 0) is 0 Å². The van der Waals surface area contributed by atoms with Crippen molar-refractivity contribution in [3.8, 4) is 0 Å². The lowest BCUT2D eigenvalue weighted by molar-refractivity contribution is 0.177. The van der Waals surface area contributed by atoms with E-state index < -0.39 is 6.10 Å². The molecule has 0 saturated carbocycles. The molecule has 0 unspecified atom stereocenters. The normalized spacial score (nSPS) is 13.4. The smallest absolute Gasteiger partial charge is 0.123 e. The lowest BCUT2D eigenvalue weighted by atomic mass is 10.4. The van der Waals surface area contributed by atoms with Gasteiger partial charge in [-0.3, -0.25) is 0 Å². The van der Waals surface area contributed by atoms with Crippen LogP contribution in [0.3, 0.4) is 0 Å². The zero-order valence-electron chi connectivity index (χ0n) is 6.66. The average molecular weight is 172 g/mol. The Balaban J connectivity index is 2.60. The van der Waals surface area contributed by atoms with E-state index in [0.717, 1.165) is 10.7 Å². The summed E-state index contributed by atoms with van der Waals surface area (Å²) >= 11 is 1.50. The minimum Gasteiger partial charge on any atom is -0.385 e. The summed E-state index contributed by atoms with van der Waals surface area (Å²) in [6.45, 7) is 2.49. The molecule has 0 aliphatic heterocycles. The standard InChI is InChI=1S/C7H12N2OS/c1-5-4-11-7(9-5)6(10)3-8-2/h4,6,8,10H,3H2,1-2H3/t6-/m0/s1. The summed E-state index contributed by atoms with van der Waals surface area (Å²) in [6.07, 6.45) is -0.460. The summed E-state index contributed by atoms with van der Waals surface area (Å²) in [7, 11) is 1.81. The van der Waals surface area contributed by atoms with Crippen molar-refractivity contribution in [1.29, 1.82) is 0 Å². The fourth-order valence-electron chi connectivity index (χ4n) is 0.806. The summed E-state index contributed by atoms with van der Waals surface area (Å²) < 4.78 is 0. The highest BCUT2D eigenvalue weighted by molar-refractivity contribution is 7.09. The van der Waals surface area contributed by atoms with Gasteiger partial charge in [-0.05, 0) is 14.0 Å². The Morgan fingerprint density at radius 1 is 1.82 bits per heavy atom. The van der Waals surface area contributed by atoms with Crippen molar-refractivity contribution in [1.82, 2.24) is 10.3 Å². The number of hydrogen-bond donors (Lipinski definition) is 2. The molecule has 4 heteroatoms. The van der Waals surface area contributed by atoms with Crippen LogP contribution in [0.1, 0.15) is 16.8 Å². The molecule has 0 amide bonds. The molecule has 0 aliphatic carbocycles. The van der Waals surface area contributed by atoms with Crippen LogP contribution in [0, 0.1) is 6.92 Å². The Labute approximate surface area is 70.1 Å². The molecule has 2 N–H and O–H groups in total. The van der Waals surface area contributed by atoms with Crippen LogP contribution in [0.25, 0.3) is 0 Å². The number of nitrogens with one attached hydrogen (secondary N) is 1. The summed E-state index contributed by atoms with van der Waals surface area (Å²) in [5.74, 6) is 0. The van der Waals surface area contributed by atoms with E-state index in [1.807, 2.05) is 19.4 Å². The van der Waals surface area contributed by atoms with Crippen LogP contribution in [-0.4, -0.2) is 23.7 Å².